The second-order valence-corrected chi connectivity index (χ2v) is 10.1. The van der Waals surface area contributed by atoms with E-state index in [0.29, 0.717) is 17.7 Å². The molecule has 0 spiro atoms. The largest absolute Gasteiger partial charge is 0.477 e. The Morgan fingerprint density at radius 1 is 1.46 bits per heavy atom. The van der Waals surface area contributed by atoms with Crippen LogP contribution >= 0.6 is 23.3 Å². The Morgan fingerprint density at radius 2 is 2.26 bits per heavy atom. The number of anilines is 2. The van der Waals surface area contributed by atoms with Crippen LogP contribution in [0.15, 0.2) is 41.0 Å². The summed E-state index contributed by atoms with van der Waals surface area (Å²) in [6.45, 7) is 1.88. The van der Waals surface area contributed by atoms with Crippen molar-refractivity contribution in [2.75, 3.05) is 36.1 Å². The summed E-state index contributed by atoms with van der Waals surface area (Å²) in [5, 5.41) is 25.0. The molecule has 0 radical (unpaired) electrons. The van der Waals surface area contributed by atoms with Crippen molar-refractivity contribution in [2.45, 2.75) is 24.9 Å². The molecule has 2 aromatic rings. The highest BCUT2D eigenvalue weighted by Crippen LogP contribution is 2.40. The number of aromatic nitrogens is 3. The first kappa shape index (κ1) is 27.9. The predicted octanol–water partition coefficient (Wildman–Crippen LogP) is -1.46. The van der Waals surface area contributed by atoms with Crippen LogP contribution < -0.4 is 20.5 Å². The van der Waals surface area contributed by atoms with E-state index in [1.807, 2.05) is 0 Å². The minimum atomic E-state index is -1.28. The lowest BCUT2D eigenvalue weighted by atomic mass is 10.0. The number of carboxylic acids is 1. The SMILES string of the molecule is CCON=C(C(=O)NC1C(=O)N2C(C(=O)O)=C(C[n+]3cccc(N(C=O)CCO)c3)CS[C@@H]12)c1nsc(N)n1. The topological polar surface area (TPSA) is 205 Å². The van der Waals surface area contributed by atoms with Crippen molar-refractivity contribution in [3.63, 3.8) is 0 Å². The third-order valence-corrected chi connectivity index (χ3v) is 7.59. The zero-order valence-corrected chi connectivity index (χ0v) is 22.2. The summed E-state index contributed by atoms with van der Waals surface area (Å²) in [5.41, 5.74) is 6.19. The van der Waals surface area contributed by atoms with Crippen LogP contribution in [-0.2, 0) is 30.6 Å². The highest BCUT2D eigenvalue weighted by Gasteiger charge is 2.55. The van der Waals surface area contributed by atoms with Crippen molar-refractivity contribution < 1.29 is 38.8 Å². The van der Waals surface area contributed by atoms with E-state index in [1.54, 1.807) is 36.0 Å². The van der Waals surface area contributed by atoms with Crippen LogP contribution in [0.4, 0.5) is 10.8 Å². The van der Waals surface area contributed by atoms with Crippen LogP contribution in [0, 0.1) is 0 Å². The molecule has 1 saturated heterocycles. The molecule has 5 N–H and O–H groups in total. The smallest absolute Gasteiger partial charge is 0.352 e. The maximum Gasteiger partial charge on any atom is 0.352 e. The molecule has 1 fully saturated rings. The van der Waals surface area contributed by atoms with Gasteiger partial charge in [-0.1, -0.05) is 5.16 Å². The number of carboxylic acid groups (broad SMARTS) is 1. The van der Waals surface area contributed by atoms with Gasteiger partial charge in [-0.3, -0.25) is 19.3 Å². The number of nitrogen functional groups attached to an aromatic ring is 1. The number of amides is 3. The number of nitrogens with one attached hydrogen (secondary N) is 1. The fourth-order valence-corrected chi connectivity index (χ4v) is 5.78. The normalized spacial score (nSPS) is 18.8. The van der Waals surface area contributed by atoms with E-state index in [1.165, 1.54) is 16.7 Å². The first-order valence-electron chi connectivity index (χ1n) is 11.6. The van der Waals surface area contributed by atoms with E-state index in [9.17, 15) is 29.4 Å². The predicted molar refractivity (Wildman–Crippen MR) is 139 cm³/mol. The molecule has 1 unspecified atom stereocenters. The van der Waals surface area contributed by atoms with Gasteiger partial charge in [-0.15, -0.1) is 11.8 Å². The van der Waals surface area contributed by atoms with E-state index >= 15 is 0 Å². The summed E-state index contributed by atoms with van der Waals surface area (Å²) < 4.78 is 5.66. The molecule has 0 aromatic carbocycles. The number of nitrogens with zero attached hydrogens (tertiary/aromatic N) is 6. The van der Waals surface area contributed by atoms with Crippen LogP contribution in [0.3, 0.4) is 0 Å². The molecule has 2 aliphatic heterocycles. The average molecular weight is 578 g/mol. The molecule has 2 atom stereocenters. The van der Waals surface area contributed by atoms with Crippen molar-refractivity contribution in [1.82, 2.24) is 19.6 Å². The van der Waals surface area contributed by atoms with Crippen molar-refractivity contribution >= 4 is 64.0 Å². The summed E-state index contributed by atoms with van der Waals surface area (Å²) in [4.78, 5) is 61.1. The lowest BCUT2D eigenvalue weighted by Gasteiger charge is -2.49. The average Bonchev–Trinajstić information content (AvgIpc) is 3.35. The van der Waals surface area contributed by atoms with Crippen molar-refractivity contribution in [3.8, 4) is 0 Å². The van der Waals surface area contributed by atoms with E-state index in [-0.39, 0.29) is 54.4 Å². The minimum absolute atomic E-state index is 0.0526. The number of β-lactam (4-membered cyclic amide) rings is 1. The lowest BCUT2D eigenvalue weighted by molar-refractivity contribution is -0.688. The Hall–Kier alpha value is -4.09. The number of oxime groups is 1. The van der Waals surface area contributed by atoms with E-state index in [2.05, 4.69) is 19.8 Å². The number of aliphatic hydroxyl groups excluding tert-OH is 1. The lowest BCUT2D eigenvalue weighted by Crippen LogP contribution is -2.71. The second kappa shape index (κ2) is 12.2. The monoisotopic (exact) mass is 577 g/mol. The maximum absolute atomic E-state index is 13.1. The number of fused-ring (bicyclic) bond motifs is 1. The van der Waals surface area contributed by atoms with Gasteiger partial charge in [-0.25, -0.2) is 4.79 Å². The number of pyridine rings is 1. The zero-order chi connectivity index (χ0) is 28.1. The van der Waals surface area contributed by atoms with Crippen LogP contribution in [0.2, 0.25) is 0 Å². The number of aliphatic carboxylic acids is 1. The number of aliphatic hydroxyl groups is 1. The fourth-order valence-electron chi connectivity index (χ4n) is 4.01. The van der Waals surface area contributed by atoms with Crippen LogP contribution in [0.1, 0.15) is 12.7 Å². The quantitative estimate of drug-likeness (QED) is 0.0754. The molecular formula is C22H25N8O7S2+. The fraction of sp³-hybridized carbons (Fsp3) is 0.364. The number of hydrogen-bond donors (Lipinski definition) is 4. The summed E-state index contributed by atoms with van der Waals surface area (Å²) in [5.74, 6) is -2.41. The molecule has 206 valence electrons. The van der Waals surface area contributed by atoms with Crippen LogP contribution in [-0.4, -0.2) is 91.3 Å². The zero-order valence-electron chi connectivity index (χ0n) is 20.6. The van der Waals surface area contributed by atoms with Gasteiger partial charge >= 0.3 is 5.97 Å². The number of carbonyl (C=O) groups is 4. The van der Waals surface area contributed by atoms with Crippen molar-refractivity contribution in [3.05, 3.63) is 41.6 Å². The summed E-state index contributed by atoms with van der Waals surface area (Å²) in [6.07, 6.45) is 3.94. The summed E-state index contributed by atoms with van der Waals surface area (Å²) in [6, 6.07) is 2.37. The second-order valence-electron chi connectivity index (χ2n) is 8.19. The number of rotatable bonds is 12. The molecule has 0 saturated carbocycles. The van der Waals surface area contributed by atoms with Crippen LogP contribution in [0.5, 0.6) is 0 Å². The molecule has 39 heavy (non-hydrogen) atoms. The number of nitrogens with two attached hydrogens (primary N) is 1. The molecular weight excluding hydrogens is 552 g/mol. The molecule has 3 amide bonds. The Labute approximate surface area is 230 Å². The van der Waals surface area contributed by atoms with E-state index < -0.39 is 29.2 Å². The van der Waals surface area contributed by atoms with Crippen molar-refractivity contribution in [2.24, 2.45) is 5.16 Å². The van der Waals surface area contributed by atoms with Gasteiger partial charge < -0.3 is 31.0 Å². The third kappa shape index (κ3) is 5.84. The minimum Gasteiger partial charge on any atom is -0.477 e. The van der Waals surface area contributed by atoms with Gasteiger partial charge in [-0.2, -0.15) is 13.9 Å². The molecule has 2 aromatic heterocycles. The van der Waals surface area contributed by atoms with Crippen molar-refractivity contribution in [1.29, 1.82) is 0 Å². The standard InChI is InChI=1S/C22H24N8O7S2/c1-2-37-26-14(17-25-22(23)39-27-17)18(33)24-15-19(34)30-16(21(35)36)12(10-38-20(15)30)8-28-5-3-4-13(9-28)29(11-32)6-7-31/h3-5,9,11,15,20,31H,2,6-8,10H2,1H3,(H3-,23,24,25,27,33,35,36)/p+1/t15?,20-/m0/s1. The van der Waals surface area contributed by atoms with Gasteiger partial charge in [0.15, 0.2) is 24.1 Å². The number of thioether (sulfide) groups is 1. The van der Waals surface area contributed by atoms with Gasteiger partial charge in [0, 0.05) is 35.5 Å². The Balaban J connectivity index is 1.53. The van der Waals surface area contributed by atoms with Gasteiger partial charge in [-0.05, 0) is 13.0 Å². The molecule has 4 heterocycles. The van der Waals surface area contributed by atoms with Gasteiger partial charge in [0.25, 0.3) is 11.8 Å². The molecule has 17 heteroatoms. The molecule has 0 bridgehead atoms. The first-order chi connectivity index (χ1) is 18.8. The molecule has 4 rings (SSSR count). The summed E-state index contributed by atoms with van der Waals surface area (Å²) >= 11 is 2.17. The summed E-state index contributed by atoms with van der Waals surface area (Å²) in [7, 11) is 0. The molecule has 0 aliphatic carbocycles. The molecule has 2 aliphatic rings. The molecule has 15 nitrogen and oxygen atoms in total. The van der Waals surface area contributed by atoms with Gasteiger partial charge in [0.05, 0.1) is 6.61 Å². The van der Waals surface area contributed by atoms with Gasteiger partial charge in [0.1, 0.15) is 29.4 Å². The highest BCUT2D eigenvalue weighted by molar-refractivity contribution is 8.00. The third-order valence-electron chi connectivity index (χ3n) is 5.71. The highest BCUT2D eigenvalue weighted by atomic mass is 32.2. The Bertz CT molecular complexity index is 1350. The van der Waals surface area contributed by atoms with E-state index in [4.69, 9.17) is 10.6 Å². The first-order valence-corrected chi connectivity index (χ1v) is 13.4. The Morgan fingerprint density at radius 3 is 2.90 bits per heavy atom. The van der Waals surface area contributed by atoms with Gasteiger partial charge in [0.2, 0.25) is 17.9 Å². The Kier molecular flexibility index (Phi) is 8.72. The van der Waals surface area contributed by atoms with E-state index in [0.717, 1.165) is 16.4 Å². The number of hydrogen-bond acceptors (Lipinski definition) is 12. The maximum atomic E-state index is 13.1. The van der Waals surface area contributed by atoms with Crippen LogP contribution in [0.25, 0.3) is 0 Å². The number of carbonyl (C=O) groups excluding carboxylic acids is 3.